The minimum Gasteiger partial charge on any atom is -0.395 e. The Bertz CT molecular complexity index is 436. The van der Waals surface area contributed by atoms with Gasteiger partial charge in [0.2, 0.25) is 0 Å². The number of rotatable bonds is 4. The smallest absolute Gasteiger partial charge is 0.0582 e. The van der Waals surface area contributed by atoms with E-state index >= 15 is 0 Å². The Hall–Kier alpha value is -1.32. The summed E-state index contributed by atoms with van der Waals surface area (Å²) in [5, 5.41) is 13.4. The number of H-pyrrole nitrogens is 1. The molecule has 80 valence electrons. The van der Waals surface area contributed by atoms with Crippen molar-refractivity contribution in [1.29, 1.82) is 0 Å². The number of nitrogens with one attached hydrogen (secondary N) is 2. The van der Waals surface area contributed by atoms with Crippen LogP contribution in [0.3, 0.4) is 0 Å². The predicted molar refractivity (Wildman–Crippen MR) is 61.7 cm³/mol. The molecular formula is C12H16N2O. The summed E-state index contributed by atoms with van der Waals surface area (Å²) in [7, 11) is 0. The van der Waals surface area contributed by atoms with Gasteiger partial charge in [-0.3, -0.25) is 0 Å². The zero-order valence-corrected chi connectivity index (χ0v) is 8.83. The molecule has 0 aliphatic heterocycles. The van der Waals surface area contributed by atoms with Crippen molar-refractivity contribution in [3.8, 4) is 0 Å². The van der Waals surface area contributed by atoms with Crippen molar-refractivity contribution in [1.82, 2.24) is 10.3 Å². The van der Waals surface area contributed by atoms with Gasteiger partial charge in [0.25, 0.3) is 0 Å². The summed E-state index contributed by atoms with van der Waals surface area (Å²) >= 11 is 0. The predicted octanol–water partition coefficient (Wildman–Crippen LogP) is 1.64. The van der Waals surface area contributed by atoms with Gasteiger partial charge < -0.3 is 15.4 Å². The molecule has 15 heavy (non-hydrogen) atoms. The first-order valence-electron chi connectivity index (χ1n) is 5.20. The number of benzene rings is 1. The Morgan fingerprint density at radius 3 is 3.07 bits per heavy atom. The van der Waals surface area contributed by atoms with Crippen molar-refractivity contribution in [3.05, 3.63) is 36.0 Å². The topological polar surface area (TPSA) is 48.0 Å². The van der Waals surface area contributed by atoms with Gasteiger partial charge in [0.1, 0.15) is 0 Å². The number of aromatic nitrogens is 1. The second-order valence-corrected chi connectivity index (χ2v) is 3.82. The molecule has 3 nitrogen and oxygen atoms in total. The summed E-state index contributed by atoms with van der Waals surface area (Å²) in [5.41, 5.74) is 2.42. The molecule has 0 radical (unpaired) electrons. The van der Waals surface area contributed by atoms with E-state index in [1.165, 1.54) is 10.9 Å². The lowest BCUT2D eigenvalue weighted by Gasteiger charge is -2.11. The van der Waals surface area contributed by atoms with Gasteiger partial charge in [-0.15, -0.1) is 0 Å². The van der Waals surface area contributed by atoms with Crippen LogP contribution in [-0.4, -0.2) is 22.7 Å². The van der Waals surface area contributed by atoms with E-state index in [0.717, 1.165) is 12.1 Å². The number of aromatic amines is 1. The van der Waals surface area contributed by atoms with Crippen LogP contribution in [0.25, 0.3) is 10.9 Å². The molecule has 0 fully saturated rings. The van der Waals surface area contributed by atoms with E-state index in [1.807, 2.05) is 19.2 Å². The van der Waals surface area contributed by atoms with Crippen LogP contribution in [0.1, 0.15) is 12.5 Å². The second kappa shape index (κ2) is 4.47. The van der Waals surface area contributed by atoms with E-state index in [1.54, 1.807) is 0 Å². The maximum atomic E-state index is 8.92. The molecule has 1 aromatic heterocycles. The van der Waals surface area contributed by atoms with Crippen LogP contribution >= 0.6 is 0 Å². The molecule has 0 saturated heterocycles. The van der Waals surface area contributed by atoms with E-state index in [-0.39, 0.29) is 12.6 Å². The summed E-state index contributed by atoms with van der Waals surface area (Å²) in [5.74, 6) is 0. The molecule has 3 N–H and O–H groups in total. The first-order valence-corrected chi connectivity index (χ1v) is 5.20. The van der Waals surface area contributed by atoms with Crippen molar-refractivity contribution >= 4 is 10.9 Å². The minimum absolute atomic E-state index is 0.138. The molecular weight excluding hydrogens is 188 g/mol. The number of aliphatic hydroxyl groups excluding tert-OH is 1. The molecule has 0 bridgehead atoms. The molecule has 2 aromatic rings. The van der Waals surface area contributed by atoms with Crippen LogP contribution in [0.4, 0.5) is 0 Å². The van der Waals surface area contributed by atoms with Gasteiger partial charge in [-0.1, -0.05) is 12.1 Å². The highest BCUT2D eigenvalue weighted by molar-refractivity contribution is 5.82. The van der Waals surface area contributed by atoms with E-state index in [4.69, 9.17) is 5.11 Å². The standard InChI is InChI=1S/C12H16N2O/c1-9(8-15)14-7-10-3-2-4-12-11(10)5-6-13-12/h2-6,9,13-15H,7-8H2,1H3. The molecule has 1 unspecified atom stereocenters. The summed E-state index contributed by atoms with van der Waals surface area (Å²) in [6.07, 6.45) is 1.95. The van der Waals surface area contributed by atoms with Crippen LogP contribution in [0.5, 0.6) is 0 Å². The fourth-order valence-electron chi connectivity index (χ4n) is 1.65. The van der Waals surface area contributed by atoms with Crippen molar-refractivity contribution in [2.75, 3.05) is 6.61 Å². The van der Waals surface area contributed by atoms with Gasteiger partial charge in [0.15, 0.2) is 0 Å². The zero-order valence-electron chi connectivity index (χ0n) is 8.83. The molecule has 0 amide bonds. The lowest BCUT2D eigenvalue weighted by atomic mass is 10.1. The molecule has 0 aliphatic carbocycles. The molecule has 2 rings (SSSR count). The normalized spacial score (nSPS) is 13.2. The highest BCUT2D eigenvalue weighted by Gasteiger charge is 2.03. The number of hydrogen-bond acceptors (Lipinski definition) is 2. The molecule has 1 aromatic carbocycles. The average molecular weight is 204 g/mol. The highest BCUT2D eigenvalue weighted by Crippen LogP contribution is 2.16. The first-order chi connectivity index (χ1) is 7.31. The van der Waals surface area contributed by atoms with Crippen molar-refractivity contribution < 1.29 is 5.11 Å². The van der Waals surface area contributed by atoms with Gasteiger partial charge in [0.05, 0.1) is 6.61 Å². The highest BCUT2D eigenvalue weighted by atomic mass is 16.3. The molecule has 3 heteroatoms. The SMILES string of the molecule is CC(CO)NCc1cccc2[nH]ccc12. The number of hydrogen-bond donors (Lipinski definition) is 3. The fraction of sp³-hybridized carbons (Fsp3) is 0.333. The van der Waals surface area contributed by atoms with Gasteiger partial charge in [0, 0.05) is 29.7 Å². The quantitative estimate of drug-likeness (QED) is 0.709. The Balaban J connectivity index is 2.17. The monoisotopic (exact) mass is 204 g/mol. The van der Waals surface area contributed by atoms with Crippen LogP contribution in [0.2, 0.25) is 0 Å². The molecule has 1 heterocycles. The fourth-order valence-corrected chi connectivity index (χ4v) is 1.65. The Kier molecular flexibility index (Phi) is 3.04. The van der Waals surface area contributed by atoms with Gasteiger partial charge in [-0.05, 0) is 24.6 Å². The molecule has 0 aliphatic rings. The third kappa shape index (κ3) is 2.19. The van der Waals surface area contributed by atoms with Crippen LogP contribution in [0.15, 0.2) is 30.5 Å². The molecule has 0 spiro atoms. The van der Waals surface area contributed by atoms with Gasteiger partial charge >= 0.3 is 0 Å². The van der Waals surface area contributed by atoms with Crippen LogP contribution < -0.4 is 5.32 Å². The Morgan fingerprint density at radius 2 is 2.27 bits per heavy atom. The average Bonchev–Trinajstić information content (AvgIpc) is 2.74. The third-order valence-corrected chi connectivity index (χ3v) is 2.60. The van der Waals surface area contributed by atoms with E-state index in [0.29, 0.717) is 0 Å². The van der Waals surface area contributed by atoms with Crippen molar-refractivity contribution in [2.45, 2.75) is 19.5 Å². The third-order valence-electron chi connectivity index (χ3n) is 2.60. The van der Waals surface area contributed by atoms with E-state index in [9.17, 15) is 0 Å². The lowest BCUT2D eigenvalue weighted by molar-refractivity contribution is 0.251. The van der Waals surface area contributed by atoms with Crippen LogP contribution in [-0.2, 0) is 6.54 Å². The summed E-state index contributed by atoms with van der Waals surface area (Å²) in [6.45, 7) is 2.93. The van der Waals surface area contributed by atoms with Crippen molar-refractivity contribution in [2.24, 2.45) is 0 Å². The largest absolute Gasteiger partial charge is 0.395 e. The lowest BCUT2D eigenvalue weighted by Crippen LogP contribution is -2.28. The van der Waals surface area contributed by atoms with Crippen LogP contribution in [0, 0.1) is 0 Å². The molecule has 0 saturated carbocycles. The maximum Gasteiger partial charge on any atom is 0.0582 e. The van der Waals surface area contributed by atoms with Crippen molar-refractivity contribution in [3.63, 3.8) is 0 Å². The van der Waals surface area contributed by atoms with E-state index < -0.39 is 0 Å². The summed E-state index contributed by atoms with van der Waals surface area (Å²) < 4.78 is 0. The summed E-state index contributed by atoms with van der Waals surface area (Å²) in [6, 6.07) is 8.43. The Morgan fingerprint density at radius 1 is 1.40 bits per heavy atom. The van der Waals surface area contributed by atoms with Gasteiger partial charge in [-0.2, -0.15) is 0 Å². The zero-order chi connectivity index (χ0) is 10.7. The minimum atomic E-state index is 0.138. The second-order valence-electron chi connectivity index (χ2n) is 3.82. The molecule has 1 atom stereocenters. The Labute approximate surface area is 89.1 Å². The number of fused-ring (bicyclic) bond motifs is 1. The number of aliphatic hydroxyl groups is 1. The summed E-state index contributed by atoms with van der Waals surface area (Å²) in [4.78, 5) is 3.18. The maximum absolute atomic E-state index is 8.92. The first kappa shape index (κ1) is 10.2. The van der Waals surface area contributed by atoms with Gasteiger partial charge in [-0.25, -0.2) is 0 Å². The van der Waals surface area contributed by atoms with E-state index in [2.05, 4.69) is 28.5 Å².